The van der Waals surface area contributed by atoms with Gasteiger partial charge in [0.2, 0.25) is 5.91 Å². The number of carboxylic acid groups (broad SMARTS) is 1. The fourth-order valence-corrected chi connectivity index (χ4v) is 3.08. The first-order valence-corrected chi connectivity index (χ1v) is 8.26. The van der Waals surface area contributed by atoms with Crippen molar-refractivity contribution in [1.82, 2.24) is 5.32 Å². The van der Waals surface area contributed by atoms with Crippen LogP contribution in [0.3, 0.4) is 0 Å². The lowest BCUT2D eigenvalue weighted by Crippen LogP contribution is -2.41. The Bertz CT molecular complexity index is 606. The van der Waals surface area contributed by atoms with E-state index >= 15 is 0 Å². The number of allylic oxidation sites excluding steroid dienone is 2. The Hall–Kier alpha value is -2.30. The second-order valence-electron chi connectivity index (χ2n) is 6.50. The van der Waals surface area contributed by atoms with E-state index in [0.29, 0.717) is 12.8 Å². The van der Waals surface area contributed by atoms with Crippen LogP contribution in [0.25, 0.3) is 0 Å². The van der Waals surface area contributed by atoms with Gasteiger partial charge in [0, 0.05) is 0 Å². The van der Waals surface area contributed by atoms with E-state index in [-0.39, 0.29) is 17.9 Å². The van der Waals surface area contributed by atoms with Crippen LogP contribution in [0.1, 0.15) is 38.3 Å². The fourth-order valence-electron chi connectivity index (χ4n) is 3.08. The van der Waals surface area contributed by atoms with Crippen molar-refractivity contribution in [3.63, 3.8) is 0 Å². The number of rotatable bonds is 6. The molecule has 1 amide bonds. The summed E-state index contributed by atoms with van der Waals surface area (Å²) in [6.45, 7) is 4.06. The zero-order chi connectivity index (χ0) is 17.7. The number of benzene rings is 1. The van der Waals surface area contributed by atoms with E-state index in [1.54, 1.807) is 7.11 Å². The topological polar surface area (TPSA) is 75.6 Å². The maximum Gasteiger partial charge on any atom is 0.307 e. The Kier molecular flexibility index (Phi) is 6.01. The van der Waals surface area contributed by atoms with Crippen LogP contribution >= 0.6 is 0 Å². The molecule has 1 aliphatic carbocycles. The number of carboxylic acids is 1. The molecule has 3 unspecified atom stereocenters. The van der Waals surface area contributed by atoms with E-state index in [2.05, 4.69) is 5.32 Å². The standard InChI is InChI=1S/C19H25NO4/c1-12(2)17(13-8-10-14(24-3)11-9-13)20-18(21)15-6-4-5-7-16(15)19(22)23/h4-5,8-12,15-17H,6-7H2,1-3H3,(H,20,21)(H,22,23). The highest BCUT2D eigenvalue weighted by molar-refractivity contribution is 5.85. The molecule has 5 nitrogen and oxygen atoms in total. The number of hydrogen-bond donors (Lipinski definition) is 2. The van der Waals surface area contributed by atoms with E-state index in [1.807, 2.05) is 50.3 Å². The van der Waals surface area contributed by atoms with Gasteiger partial charge >= 0.3 is 5.97 Å². The summed E-state index contributed by atoms with van der Waals surface area (Å²) in [5.41, 5.74) is 0.984. The van der Waals surface area contributed by atoms with Gasteiger partial charge in [-0.3, -0.25) is 9.59 Å². The molecule has 1 aliphatic rings. The first kappa shape index (κ1) is 18.0. The molecular weight excluding hydrogens is 306 g/mol. The molecule has 1 aromatic carbocycles. The van der Waals surface area contributed by atoms with Crippen molar-refractivity contribution in [1.29, 1.82) is 0 Å². The third-order valence-corrected chi connectivity index (χ3v) is 4.53. The average molecular weight is 331 g/mol. The summed E-state index contributed by atoms with van der Waals surface area (Å²) in [6.07, 6.45) is 4.60. The molecule has 0 fully saturated rings. The summed E-state index contributed by atoms with van der Waals surface area (Å²) < 4.78 is 5.17. The van der Waals surface area contributed by atoms with Crippen LogP contribution in [0.5, 0.6) is 5.75 Å². The summed E-state index contributed by atoms with van der Waals surface area (Å²) in [5, 5.41) is 12.4. The first-order chi connectivity index (χ1) is 11.4. The van der Waals surface area contributed by atoms with E-state index < -0.39 is 17.8 Å². The van der Waals surface area contributed by atoms with Crippen LogP contribution in [0.15, 0.2) is 36.4 Å². The van der Waals surface area contributed by atoms with Gasteiger partial charge in [-0.25, -0.2) is 0 Å². The summed E-state index contributed by atoms with van der Waals surface area (Å²) in [4.78, 5) is 24.1. The molecule has 0 aliphatic heterocycles. The zero-order valence-corrected chi connectivity index (χ0v) is 14.4. The van der Waals surface area contributed by atoms with Gasteiger partial charge < -0.3 is 15.2 Å². The molecule has 0 heterocycles. The molecule has 0 saturated carbocycles. The van der Waals surface area contributed by atoms with Crippen molar-refractivity contribution < 1.29 is 19.4 Å². The highest BCUT2D eigenvalue weighted by Gasteiger charge is 2.35. The van der Waals surface area contributed by atoms with Crippen molar-refractivity contribution in [2.45, 2.75) is 32.7 Å². The predicted molar refractivity (Wildman–Crippen MR) is 91.7 cm³/mol. The molecule has 0 radical (unpaired) electrons. The van der Waals surface area contributed by atoms with Crippen LogP contribution in [0, 0.1) is 17.8 Å². The number of carbonyl (C=O) groups is 2. The summed E-state index contributed by atoms with van der Waals surface area (Å²) in [5.74, 6) is -1.34. The van der Waals surface area contributed by atoms with Crippen LogP contribution in [0.2, 0.25) is 0 Å². The monoisotopic (exact) mass is 331 g/mol. The second-order valence-corrected chi connectivity index (χ2v) is 6.50. The quantitative estimate of drug-likeness (QED) is 0.785. The van der Waals surface area contributed by atoms with E-state index in [1.165, 1.54) is 0 Å². The third kappa shape index (κ3) is 4.16. The Morgan fingerprint density at radius 2 is 1.71 bits per heavy atom. The normalized spacial score (nSPS) is 21.3. The van der Waals surface area contributed by atoms with Crippen molar-refractivity contribution in [3.8, 4) is 5.75 Å². The molecule has 3 atom stereocenters. The average Bonchev–Trinajstić information content (AvgIpc) is 2.59. The minimum atomic E-state index is -0.912. The molecule has 0 aromatic heterocycles. The number of aliphatic carboxylic acids is 1. The summed E-state index contributed by atoms with van der Waals surface area (Å²) >= 11 is 0. The highest BCUT2D eigenvalue weighted by Crippen LogP contribution is 2.29. The lowest BCUT2D eigenvalue weighted by molar-refractivity contribution is -0.147. The van der Waals surface area contributed by atoms with Gasteiger partial charge in [0.15, 0.2) is 0 Å². The highest BCUT2D eigenvalue weighted by atomic mass is 16.5. The fraction of sp³-hybridized carbons (Fsp3) is 0.474. The SMILES string of the molecule is COc1ccc(C(NC(=O)C2CC=CCC2C(=O)O)C(C)C)cc1. The van der Waals surface area contributed by atoms with Crippen molar-refractivity contribution >= 4 is 11.9 Å². The number of methoxy groups -OCH3 is 1. The zero-order valence-electron chi connectivity index (χ0n) is 14.4. The maximum absolute atomic E-state index is 12.7. The smallest absolute Gasteiger partial charge is 0.307 e. The summed E-state index contributed by atoms with van der Waals surface area (Å²) in [7, 11) is 1.61. The molecule has 1 aromatic rings. The van der Waals surface area contributed by atoms with Crippen LogP contribution in [-0.2, 0) is 9.59 Å². The first-order valence-electron chi connectivity index (χ1n) is 8.26. The Balaban J connectivity index is 2.15. The Morgan fingerprint density at radius 1 is 1.12 bits per heavy atom. The number of carbonyl (C=O) groups excluding carboxylic acids is 1. The maximum atomic E-state index is 12.7. The largest absolute Gasteiger partial charge is 0.497 e. The van der Waals surface area contributed by atoms with E-state index in [9.17, 15) is 14.7 Å². The van der Waals surface area contributed by atoms with Crippen molar-refractivity contribution in [2.24, 2.45) is 17.8 Å². The second kappa shape index (κ2) is 7.99. The molecule has 0 spiro atoms. The van der Waals surface area contributed by atoms with Gasteiger partial charge in [0.25, 0.3) is 0 Å². The molecular formula is C19H25NO4. The van der Waals surface area contributed by atoms with Gasteiger partial charge in [-0.15, -0.1) is 0 Å². The predicted octanol–water partition coefficient (Wildman–Crippen LogP) is 3.18. The van der Waals surface area contributed by atoms with Crippen LogP contribution in [-0.4, -0.2) is 24.1 Å². The number of nitrogens with one attached hydrogen (secondary N) is 1. The molecule has 5 heteroatoms. The van der Waals surface area contributed by atoms with Crippen LogP contribution in [0.4, 0.5) is 0 Å². The van der Waals surface area contributed by atoms with Crippen LogP contribution < -0.4 is 10.1 Å². The third-order valence-electron chi connectivity index (χ3n) is 4.53. The van der Waals surface area contributed by atoms with Gasteiger partial charge in [0.1, 0.15) is 5.75 Å². The van der Waals surface area contributed by atoms with Gasteiger partial charge in [-0.2, -0.15) is 0 Å². The molecule has 0 bridgehead atoms. The van der Waals surface area contributed by atoms with Gasteiger partial charge in [0.05, 0.1) is 25.0 Å². The van der Waals surface area contributed by atoms with E-state index in [0.717, 1.165) is 11.3 Å². The Labute approximate surface area is 142 Å². The lowest BCUT2D eigenvalue weighted by atomic mass is 9.82. The number of ether oxygens (including phenoxy) is 1. The van der Waals surface area contributed by atoms with Crippen molar-refractivity contribution in [2.75, 3.05) is 7.11 Å². The van der Waals surface area contributed by atoms with Gasteiger partial charge in [-0.1, -0.05) is 38.1 Å². The van der Waals surface area contributed by atoms with Crippen molar-refractivity contribution in [3.05, 3.63) is 42.0 Å². The molecule has 2 N–H and O–H groups in total. The number of hydrogen-bond acceptors (Lipinski definition) is 3. The van der Waals surface area contributed by atoms with Gasteiger partial charge in [-0.05, 0) is 36.5 Å². The minimum absolute atomic E-state index is 0.163. The molecule has 2 rings (SSSR count). The Morgan fingerprint density at radius 3 is 2.21 bits per heavy atom. The summed E-state index contributed by atoms with van der Waals surface area (Å²) in [6, 6.07) is 7.42. The molecule has 0 saturated heterocycles. The lowest BCUT2D eigenvalue weighted by Gasteiger charge is -2.29. The number of amides is 1. The van der Waals surface area contributed by atoms with E-state index in [4.69, 9.17) is 4.74 Å². The molecule has 130 valence electrons. The molecule has 24 heavy (non-hydrogen) atoms. The minimum Gasteiger partial charge on any atom is -0.497 e.